The van der Waals surface area contributed by atoms with Crippen molar-refractivity contribution >= 4 is 0 Å². The number of nitrogens with one attached hydrogen (secondary N) is 1. The Balaban J connectivity index is 1.68. The van der Waals surface area contributed by atoms with Crippen molar-refractivity contribution in [2.45, 2.75) is 38.1 Å². The third kappa shape index (κ3) is 2.70. The first-order valence-corrected chi connectivity index (χ1v) is 8.77. The minimum Gasteiger partial charge on any atom is -0.454 e. The molecule has 1 aliphatic carbocycles. The zero-order chi connectivity index (χ0) is 14.8. The molecule has 2 heterocycles. The standard InChI is InChI=1S/C18H26N2O2/c1-2-5-14(6-3-1)17(20-11-9-19-10-12-20)15-7-4-8-16-18(15)22-13-21-16/h4,7-8,14,17,19H,1-3,5-6,9-13H2/t17-/m1/s1. The molecule has 4 nitrogen and oxygen atoms in total. The fourth-order valence-corrected chi connectivity index (χ4v) is 4.34. The van der Waals surface area contributed by atoms with Gasteiger partial charge in [0.25, 0.3) is 0 Å². The summed E-state index contributed by atoms with van der Waals surface area (Å²) in [5.74, 6) is 2.67. The van der Waals surface area contributed by atoms with Gasteiger partial charge in [-0.3, -0.25) is 4.90 Å². The zero-order valence-corrected chi connectivity index (χ0v) is 13.2. The Morgan fingerprint density at radius 1 is 1.05 bits per heavy atom. The van der Waals surface area contributed by atoms with Gasteiger partial charge in [-0.25, -0.2) is 0 Å². The van der Waals surface area contributed by atoms with Gasteiger partial charge in [-0.05, 0) is 24.8 Å². The Bertz CT molecular complexity index is 490. The molecule has 0 aromatic heterocycles. The molecule has 1 saturated carbocycles. The van der Waals surface area contributed by atoms with E-state index in [-0.39, 0.29) is 0 Å². The predicted octanol–water partition coefficient (Wildman–Crippen LogP) is 2.94. The highest BCUT2D eigenvalue weighted by Crippen LogP contribution is 2.46. The molecule has 0 spiro atoms. The molecular formula is C18H26N2O2. The van der Waals surface area contributed by atoms with Crippen molar-refractivity contribution < 1.29 is 9.47 Å². The van der Waals surface area contributed by atoms with Crippen molar-refractivity contribution in [2.24, 2.45) is 5.92 Å². The lowest BCUT2D eigenvalue weighted by Gasteiger charge is -2.41. The molecule has 0 radical (unpaired) electrons. The Kier molecular flexibility index (Phi) is 4.22. The van der Waals surface area contributed by atoms with Gasteiger partial charge in [-0.1, -0.05) is 31.4 Å². The third-order valence-electron chi connectivity index (χ3n) is 5.39. The van der Waals surface area contributed by atoms with Crippen molar-refractivity contribution in [3.8, 4) is 11.5 Å². The maximum Gasteiger partial charge on any atom is 0.231 e. The fourth-order valence-electron chi connectivity index (χ4n) is 4.34. The number of nitrogens with zero attached hydrogens (tertiary/aromatic N) is 1. The van der Waals surface area contributed by atoms with Crippen molar-refractivity contribution in [1.29, 1.82) is 0 Å². The summed E-state index contributed by atoms with van der Waals surface area (Å²) < 4.78 is 11.4. The molecule has 120 valence electrons. The van der Waals surface area contributed by atoms with Crippen LogP contribution in [0.1, 0.15) is 43.7 Å². The summed E-state index contributed by atoms with van der Waals surface area (Å²) in [6, 6.07) is 6.90. The van der Waals surface area contributed by atoms with E-state index in [2.05, 4.69) is 22.3 Å². The van der Waals surface area contributed by atoms with E-state index in [4.69, 9.17) is 9.47 Å². The summed E-state index contributed by atoms with van der Waals surface area (Å²) in [6.07, 6.45) is 6.84. The van der Waals surface area contributed by atoms with E-state index in [1.165, 1.54) is 37.7 Å². The van der Waals surface area contributed by atoms with Gasteiger partial charge in [0.1, 0.15) is 0 Å². The highest BCUT2D eigenvalue weighted by molar-refractivity contribution is 5.49. The Morgan fingerprint density at radius 3 is 2.68 bits per heavy atom. The topological polar surface area (TPSA) is 33.7 Å². The second kappa shape index (κ2) is 6.47. The van der Waals surface area contributed by atoms with Crippen molar-refractivity contribution in [3.05, 3.63) is 23.8 Å². The summed E-state index contributed by atoms with van der Waals surface area (Å²) in [5.41, 5.74) is 1.35. The van der Waals surface area contributed by atoms with E-state index in [1.54, 1.807) is 0 Å². The number of benzene rings is 1. The van der Waals surface area contributed by atoms with E-state index in [1.807, 2.05) is 6.07 Å². The van der Waals surface area contributed by atoms with Crippen LogP contribution in [0.4, 0.5) is 0 Å². The quantitative estimate of drug-likeness (QED) is 0.931. The lowest BCUT2D eigenvalue weighted by atomic mass is 9.80. The summed E-state index contributed by atoms with van der Waals surface area (Å²) >= 11 is 0. The average Bonchev–Trinajstić information content (AvgIpc) is 3.07. The van der Waals surface area contributed by atoms with Gasteiger partial charge in [0.05, 0.1) is 0 Å². The van der Waals surface area contributed by atoms with Crippen molar-refractivity contribution in [3.63, 3.8) is 0 Å². The highest BCUT2D eigenvalue weighted by atomic mass is 16.7. The molecule has 22 heavy (non-hydrogen) atoms. The average molecular weight is 302 g/mol. The van der Waals surface area contributed by atoms with Crippen LogP contribution in [-0.2, 0) is 0 Å². The number of fused-ring (bicyclic) bond motifs is 1. The normalized spacial score (nSPS) is 24.4. The number of rotatable bonds is 3. The molecule has 1 aromatic rings. The highest BCUT2D eigenvalue weighted by Gasteiger charge is 2.34. The molecule has 1 atom stereocenters. The number of hydrogen-bond acceptors (Lipinski definition) is 4. The van der Waals surface area contributed by atoms with Crippen molar-refractivity contribution in [2.75, 3.05) is 33.0 Å². The summed E-state index contributed by atoms with van der Waals surface area (Å²) in [7, 11) is 0. The van der Waals surface area contributed by atoms with E-state index >= 15 is 0 Å². The monoisotopic (exact) mass is 302 g/mol. The molecule has 4 rings (SSSR count). The van der Waals surface area contributed by atoms with E-state index in [0.717, 1.165) is 43.6 Å². The first-order chi connectivity index (χ1) is 10.9. The second-order valence-electron chi connectivity index (χ2n) is 6.71. The molecule has 4 heteroatoms. The molecule has 0 unspecified atom stereocenters. The molecule has 0 amide bonds. The SMILES string of the molecule is c1cc2c(c([C@@H](C3CCCCC3)N3CCNCC3)c1)OCO2. The molecule has 1 saturated heterocycles. The molecule has 1 N–H and O–H groups in total. The summed E-state index contributed by atoms with van der Waals surface area (Å²) in [4.78, 5) is 2.67. The van der Waals surface area contributed by atoms with Gasteiger partial charge in [0, 0.05) is 37.8 Å². The fraction of sp³-hybridized carbons (Fsp3) is 0.667. The van der Waals surface area contributed by atoms with Crippen LogP contribution in [0.3, 0.4) is 0 Å². The third-order valence-corrected chi connectivity index (χ3v) is 5.39. The van der Waals surface area contributed by atoms with Crippen LogP contribution in [0.5, 0.6) is 11.5 Å². The van der Waals surface area contributed by atoms with Gasteiger partial charge in [0.2, 0.25) is 6.79 Å². The van der Waals surface area contributed by atoms with Gasteiger partial charge in [0.15, 0.2) is 11.5 Å². The zero-order valence-electron chi connectivity index (χ0n) is 13.2. The van der Waals surface area contributed by atoms with Gasteiger partial charge >= 0.3 is 0 Å². The van der Waals surface area contributed by atoms with Crippen LogP contribution in [0.25, 0.3) is 0 Å². The first kappa shape index (κ1) is 14.3. The number of hydrogen-bond donors (Lipinski definition) is 1. The Morgan fingerprint density at radius 2 is 1.86 bits per heavy atom. The van der Waals surface area contributed by atoms with Crippen LogP contribution in [0.15, 0.2) is 18.2 Å². The van der Waals surface area contributed by atoms with Crippen LogP contribution < -0.4 is 14.8 Å². The van der Waals surface area contributed by atoms with E-state index in [9.17, 15) is 0 Å². The number of ether oxygens (including phenoxy) is 2. The van der Waals surface area contributed by atoms with E-state index < -0.39 is 0 Å². The van der Waals surface area contributed by atoms with Crippen LogP contribution in [-0.4, -0.2) is 37.9 Å². The Hall–Kier alpha value is -1.26. The summed E-state index contributed by atoms with van der Waals surface area (Å²) in [6.45, 7) is 4.81. The molecule has 2 fully saturated rings. The molecule has 1 aromatic carbocycles. The lowest BCUT2D eigenvalue weighted by molar-refractivity contribution is 0.0997. The number of piperazine rings is 1. The molecular weight excluding hydrogens is 276 g/mol. The second-order valence-corrected chi connectivity index (χ2v) is 6.71. The maximum atomic E-state index is 5.83. The minimum atomic E-state index is 0.366. The lowest BCUT2D eigenvalue weighted by Crippen LogP contribution is -2.47. The predicted molar refractivity (Wildman–Crippen MR) is 86.3 cm³/mol. The minimum absolute atomic E-state index is 0.366. The largest absolute Gasteiger partial charge is 0.454 e. The Labute approximate surface area is 132 Å². The summed E-state index contributed by atoms with van der Waals surface area (Å²) in [5, 5.41) is 3.48. The molecule has 0 bridgehead atoms. The smallest absolute Gasteiger partial charge is 0.231 e. The number of para-hydroxylation sites is 1. The van der Waals surface area contributed by atoms with E-state index in [0.29, 0.717) is 12.8 Å². The van der Waals surface area contributed by atoms with Crippen molar-refractivity contribution in [1.82, 2.24) is 10.2 Å². The van der Waals surface area contributed by atoms with Gasteiger partial charge in [-0.2, -0.15) is 0 Å². The van der Waals surface area contributed by atoms with Gasteiger partial charge < -0.3 is 14.8 Å². The van der Waals surface area contributed by atoms with Crippen LogP contribution >= 0.6 is 0 Å². The van der Waals surface area contributed by atoms with Gasteiger partial charge in [-0.15, -0.1) is 0 Å². The molecule has 3 aliphatic rings. The first-order valence-electron chi connectivity index (χ1n) is 8.77. The van der Waals surface area contributed by atoms with Crippen LogP contribution in [0, 0.1) is 5.92 Å². The maximum absolute atomic E-state index is 5.83. The molecule has 2 aliphatic heterocycles. The van der Waals surface area contributed by atoms with Crippen LogP contribution in [0.2, 0.25) is 0 Å².